The van der Waals surface area contributed by atoms with Crippen LogP contribution in [-0.2, 0) is 9.59 Å². The number of nitrogens with two attached hydrogens (primary N) is 1. The zero-order chi connectivity index (χ0) is 27.0. The van der Waals surface area contributed by atoms with Gasteiger partial charge in [0.05, 0.1) is 12.6 Å². The highest BCUT2D eigenvalue weighted by molar-refractivity contribution is 7.10. The van der Waals surface area contributed by atoms with E-state index >= 15 is 0 Å². The van der Waals surface area contributed by atoms with Crippen molar-refractivity contribution in [1.82, 2.24) is 15.5 Å². The number of hydrogen-bond acceptors (Lipinski definition) is 5. The quantitative estimate of drug-likeness (QED) is 0.274. The molecule has 9 heteroatoms. The molecule has 1 aromatic heterocycles. The predicted molar refractivity (Wildman–Crippen MR) is 148 cm³/mol. The fraction of sp³-hybridized carbons (Fsp3) is 0.310. The SMILES string of the molecule is CC1c2ccccc2-c2cc(C(=O)NCC(=O)N3CCCC3C(=O)N[C@H](C)c3cc(C(=N)N)cs3)ccc21. The third kappa shape index (κ3) is 4.81. The van der Waals surface area contributed by atoms with Crippen LogP contribution in [-0.4, -0.2) is 47.6 Å². The fourth-order valence-corrected chi connectivity index (χ4v) is 6.31. The van der Waals surface area contributed by atoms with Gasteiger partial charge in [-0.05, 0) is 60.2 Å². The molecule has 3 amide bonds. The molecule has 2 heterocycles. The maximum Gasteiger partial charge on any atom is 0.251 e. The van der Waals surface area contributed by atoms with E-state index in [9.17, 15) is 14.4 Å². The summed E-state index contributed by atoms with van der Waals surface area (Å²) < 4.78 is 0. The highest BCUT2D eigenvalue weighted by atomic mass is 32.1. The molecular weight excluding hydrogens is 498 g/mol. The number of fused-ring (bicyclic) bond motifs is 3. The number of carbonyl (C=O) groups excluding carboxylic acids is 3. The number of carbonyl (C=O) groups is 3. The lowest BCUT2D eigenvalue weighted by molar-refractivity contribution is -0.137. The molecule has 1 saturated heterocycles. The molecule has 3 aromatic rings. The third-order valence-electron chi connectivity index (χ3n) is 7.49. The normalized spacial score (nSPS) is 18.4. The van der Waals surface area contributed by atoms with Gasteiger partial charge in [-0.15, -0.1) is 11.3 Å². The molecule has 5 N–H and O–H groups in total. The molecule has 8 nitrogen and oxygen atoms in total. The number of likely N-dealkylation sites (tertiary alicyclic amines) is 1. The number of nitrogens with zero attached hydrogens (tertiary/aromatic N) is 1. The molecule has 5 rings (SSSR count). The van der Waals surface area contributed by atoms with Gasteiger partial charge in [0, 0.05) is 33.8 Å². The Labute approximate surface area is 225 Å². The van der Waals surface area contributed by atoms with Crippen molar-refractivity contribution in [1.29, 1.82) is 5.41 Å². The molecule has 0 bridgehead atoms. The summed E-state index contributed by atoms with van der Waals surface area (Å²) >= 11 is 1.43. The van der Waals surface area contributed by atoms with E-state index in [2.05, 4.69) is 29.7 Å². The highest BCUT2D eigenvalue weighted by Crippen LogP contribution is 2.44. The largest absolute Gasteiger partial charge is 0.384 e. The lowest BCUT2D eigenvalue weighted by atomic mass is 9.98. The molecule has 0 spiro atoms. The van der Waals surface area contributed by atoms with Crippen molar-refractivity contribution in [2.24, 2.45) is 5.73 Å². The molecule has 2 aromatic carbocycles. The summed E-state index contributed by atoms with van der Waals surface area (Å²) in [5, 5.41) is 15.1. The number of thiophene rings is 1. The molecule has 196 valence electrons. The molecule has 1 aliphatic heterocycles. The van der Waals surface area contributed by atoms with Gasteiger partial charge >= 0.3 is 0 Å². The topological polar surface area (TPSA) is 128 Å². The monoisotopic (exact) mass is 529 g/mol. The highest BCUT2D eigenvalue weighted by Gasteiger charge is 2.35. The zero-order valence-electron chi connectivity index (χ0n) is 21.4. The summed E-state index contributed by atoms with van der Waals surface area (Å²) in [5.74, 6) is -0.555. The Morgan fingerprint density at radius 3 is 2.63 bits per heavy atom. The second-order valence-electron chi connectivity index (χ2n) is 9.92. The third-order valence-corrected chi connectivity index (χ3v) is 8.61. The van der Waals surface area contributed by atoms with Crippen LogP contribution in [0.5, 0.6) is 0 Å². The smallest absolute Gasteiger partial charge is 0.251 e. The number of benzene rings is 2. The lowest BCUT2D eigenvalue weighted by Crippen LogP contribution is -2.49. The predicted octanol–water partition coefficient (Wildman–Crippen LogP) is 3.76. The first kappa shape index (κ1) is 25.7. The van der Waals surface area contributed by atoms with E-state index in [0.717, 1.165) is 22.4 Å². The Bertz CT molecular complexity index is 1430. The number of amides is 3. The Hall–Kier alpha value is -3.98. The summed E-state index contributed by atoms with van der Waals surface area (Å²) in [6.07, 6.45) is 1.30. The summed E-state index contributed by atoms with van der Waals surface area (Å²) in [6, 6.07) is 14.9. The number of rotatable bonds is 7. The van der Waals surface area contributed by atoms with Gasteiger partial charge in [-0.3, -0.25) is 19.8 Å². The number of amidine groups is 1. The van der Waals surface area contributed by atoms with Crippen LogP contribution in [0.4, 0.5) is 0 Å². The molecule has 0 saturated carbocycles. The van der Waals surface area contributed by atoms with E-state index in [1.807, 2.05) is 31.2 Å². The van der Waals surface area contributed by atoms with Crippen molar-refractivity contribution in [2.75, 3.05) is 13.1 Å². The summed E-state index contributed by atoms with van der Waals surface area (Å²) in [5.41, 5.74) is 11.3. The summed E-state index contributed by atoms with van der Waals surface area (Å²) in [7, 11) is 0. The standard InChI is InChI=1S/C29H31N5O3S/c1-16-20-6-3-4-7-22(20)23-12-18(9-10-21(16)23)28(36)32-14-26(35)34-11-5-8-24(34)29(37)33-17(2)25-13-19(15-38-25)27(30)31/h3-4,6-7,9-10,12-13,15-17,24H,5,8,11,14H2,1-2H3,(H3,30,31)(H,32,36)(H,33,37)/t16?,17-,24?/m1/s1. The molecule has 1 fully saturated rings. The van der Waals surface area contributed by atoms with Gasteiger partial charge in [-0.2, -0.15) is 0 Å². The van der Waals surface area contributed by atoms with Gasteiger partial charge in [0.15, 0.2) is 0 Å². The number of nitrogen functional groups attached to an aromatic ring is 1. The van der Waals surface area contributed by atoms with Gasteiger partial charge in [0.25, 0.3) is 5.91 Å². The van der Waals surface area contributed by atoms with Gasteiger partial charge in [0.1, 0.15) is 11.9 Å². The van der Waals surface area contributed by atoms with Crippen LogP contribution in [0, 0.1) is 5.41 Å². The lowest BCUT2D eigenvalue weighted by Gasteiger charge is -2.25. The molecule has 1 aliphatic carbocycles. The molecular formula is C29H31N5O3S. The maximum atomic E-state index is 13.0. The first-order valence-corrected chi connectivity index (χ1v) is 13.7. The van der Waals surface area contributed by atoms with Crippen molar-refractivity contribution in [3.8, 4) is 11.1 Å². The minimum Gasteiger partial charge on any atom is -0.384 e. The van der Waals surface area contributed by atoms with Gasteiger partial charge in [0.2, 0.25) is 11.8 Å². The van der Waals surface area contributed by atoms with Crippen LogP contribution in [0.2, 0.25) is 0 Å². The van der Waals surface area contributed by atoms with Crippen LogP contribution in [0.25, 0.3) is 11.1 Å². The van der Waals surface area contributed by atoms with E-state index in [0.29, 0.717) is 24.1 Å². The Balaban J connectivity index is 1.20. The number of nitrogens with one attached hydrogen (secondary N) is 3. The molecule has 38 heavy (non-hydrogen) atoms. The second kappa shape index (κ2) is 10.4. The Morgan fingerprint density at radius 2 is 1.87 bits per heavy atom. The maximum absolute atomic E-state index is 13.0. The Morgan fingerprint density at radius 1 is 1.11 bits per heavy atom. The first-order chi connectivity index (χ1) is 18.2. The van der Waals surface area contributed by atoms with E-state index in [1.54, 1.807) is 22.4 Å². The van der Waals surface area contributed by atoms with E-state index < -0.39 is 6.04 Å². The molecule has 3 atom stereocenters. The molecule has 0 radical (unpaired) electrons. The Kier molecular flexibility index (Phi) is 7.03. The minimum absolute atomic E-state index is 0.0140. The first-order valence-electron chi connectivity index (χ1n) is 12.8. The average Bonchev–Trinajstić information content (AvgIpc) is 3.66. The number of hydrogen-bond donors (Lipinski definition) is 4. The second-order valence-corrected chi connectivity index (χ2v) is 10.9. The van der Waals surface area contributed by atoms with Gasteiger partial charge < -0.3 is 21.3 Å². The fourth-order valence-electron chi connectivity index (χ4n) is 5.39. The average molecular weight is 530 g/mol. The zero-order valence-corrected chi connectivity index (χ0v) is 22.2. The van der Waals surface area contributed by atoms with Crippen LogP contribution in [0.1, 0.15) is 70.6 Å². The minimum atomic E-state index is -0.577. The summed E-state index contributed by atoms with van der Waals surface area (Å²) in [6.45, 7) is 4.33. The van der Waals surface area contributed by atoms with Gasteiger partial charge in [-0.1, -0.05) is 37.3 Å². The van der Waals surface area contributed by atoms with Crippen LogP contribution in [0.3, 0.4) is 0 Å². The van der Waals surface area contributed by atoms with E-state index in [-0.39, 0.29) is 42.1 Å². The van der Waals surface area contributed by atoms with Crippen molar-refractivity contribution in [3.05, 3.63) is 81.0 Å². The summed E-state index contributed by atoms with van der Waals surface area (Å²) in [4.78, 5) is 41.4. The van der Waals surface area contributed by atoms with Crippen molar-refractivity contribution in [2.45, 2.75) is 44.7 Å². The van der Waals surface area contributed by atoms with E-state index in [4.69, 9.17) is 11.1 Å². The van der Waals surface area contributed by atoms with Crippen LogP contribution in [0.15, 0.2) is 53.9 Å². The van der Waals surface area contributed by atoms with Gasteiger partial charge in [-0.25, -0.2) is 0 Å². The van der Waals surface area contributed by atoms with E-state index in [1.165, 1.54) is 22.5 Å². The van der Waals surface area contributed by atoms with Crippen LogP contribution >= 0.6 is 11.3 Å². The van der Waals surface area contributed by atoms with Crippen molar-refractivity contribution >= 4 is 34.9 Å². The van der Waals surface area contributed by atoms with Crippen LogP contribution < -0.4 is 16.4 Å². The molecule has 2 unspecified atom stereocenters. The van der Waals surface area contributed by atoms with Crippen molar-refractivity contribution < 1.29 is 14.4 Å². The molecule has 2 aliphatic rings. The van der Waals surface area contributed by atoms with Crippen molar-refractivity contribution in [3.63, 3.8) is 0 Å².